The van der Waals surface area contributed by atoms with Crippen LogP contribution in [0.4, 0.5) is 57.4 Å². The predicted octanol–water partition coefficient (Wildman–Crippen LogP) is 10.7. The molecule has 0 bridgehead atoms. The van der Waals surface area contributed by atoms with Gasteiger partial charge in [0, 0.05) is 54.1 Å². The van der Waals surface area contributed by atoms with Gasteiger partial charge in [-0.1, -0.05) is 72.4 Å². The van der Waals surface area contributed by atoms with Crippen LogP contribution in [0.5, 0.6) is 0 Å². The van der Waals surface area contributed by atoms with Crippen LogP contribution in [0.2, 0.25) is 0 Å². The van der Waals surface area contributed by atoms with Crippen molar-refractivity contribution in [2.45, 2.75) is 42.6 Å². The van der Waals surface area contributed by atoms with Gasteiger partial charge in [0.05, 0.1) is 17.1 Å². The van der Waals surface area contributed by atoms with Crippen molar-refractivity contribution in [3.8, 4) is 0 Å². The molecule has 0 aliphatic rings. The molecule has 0 aliphatic heterocycles. The third-order valence-electron chi connectivity index (χ3n) is 10.7. The largest absolute Gasteiger partial charge is 0.372 e. The zero-order valence-corrected chi connectivity index (χ0v) is 40.8. The third-order valence-corrected chi connectivity index (χ3v) is 14.3. The van der Waals surface area contributed by atoms with Crippen LogP contribution in [0.25, 0.3) is 21.5 Å². The molecule has 0 radical (unpaired) electrons. The van der Waals surface area contributed by atoms with E-state index in [4.69, 9.17) is 0 Å². The zero-order valence-electron chi connectivity index (χ0n) is 37.6. The number of aromatic nitrogens is 3. The molecule has 0 spiro atoms. The Labute approximate surface area is 403 Å². The molecule has 0 saturated heterocycles. The Balaban J connectivity index is 1.36. The topological polar surface area (TPSA) is 282 Å². The monoisotopic (exact) mass is 1010 g/mol. The van der Waals surface area contributed by atoms with Crippen LogP contribution >= 0.6 is 11.8 Å². The van der Waals surface area contributed by atoms with Gasteiger partial charge in [-0.15, -0.1) is 20.5 Å². The van der Waals surface area contributed by atoms with Crippen LogP contribution < -0.4 is 20.4 Å². The average molecular weight is 1010 g/mol. The first kappa shape index (κ1) is 50.2. The van der Waals surface area contributed by atoms with Crippen LogP contribution in [-0.4, -0.2) is 91.5 Å². The van der Waals surface area contributed by atoms with E-state index >= 15 is 0 Å². The highest BCUT2D eigenvalue weighted by Gasteiger charge is 2.21. The minimum absolute atomic E-state index is 0.0342. The van der Waals surface area contributed by atoms with Crippen LogP contribution in [0, 0.1) is 0 Å². The van der Waals surface area contributed by atoms with E-state index in [-0.39, 0.29) is 45.6 Å². The van der Waals surface area contributed by atoms with Gasteiger partial charge in [-0.3, -0.25) is 13.7 Å². The van der Waals surface area contributed by atoms with Crippen LogP contribution in [-0.2, 0) is 30.4 Å². The van der Waals surface area contributed by atoms with E-state index in [1.807, 2.05) is 39.8 Å². The highest BCUT2D eigenvalue weighted by molar-refractivity contribution is 8.00. The molecule has 0 aliphatic carbocycles. The summed E-state index contributed by atoms with van der Waals surface area (Å²) in [7, 11) is -13.8. The molecule has 360 valence electrons. The van der Waals surface area contributed by atoms with E-state index in [0.29, 0.717) is 59.1 Å². The number of hydrogen-bond acceptors (Lipinski definition) is 18. The van der Waals surface area contributed by atoms with Crippen molar-refractivity contribution >= 4 is 121 Å². The summed E-state index contributed by atoms with van der Waals surface area (Å²) < 4.78 is 103. The van der Waals surface area contributed by atoms with Gasteiger partial charge in [-0.2, -0.15) is 40.2 Å². The van der Waals surface area contributed by atoms with Gasteiger partial charge in [0.15, 0.2) is 5.16 Å². The molecule has 0 saturated carbocycles. The second-order valence-electron chi connectivity index (χ2n) is 15.0. The lowest BCUT2D eigenvalue weighted by Gasteiger charge is -2.22. The minimum Gasteiger partial charge on any atom is -0.372 e. The van der Waals surface area contributed by atoms with Gasteiger partial charge in [0.1, 0.15) is 32.5 Å². The first-order valence-corrected chi connectivity index (χ1v) is 26.8. The molecule has 1 heterocycles. The first-order chi connectivity index (χ1) is 32.9. The van der Waals surface area contributed by atoms with Crippen LogP contribution in [0.3, 0.4) is 0 Å². The summed E-state index contributed by atoms with van der Waals surface area (Å²) in [6, 6.07) is 29.9. The van der Waals surface area contributed by atoms with Crippen LogP contribution in [0.1, 0.15) is 27.7 Å². The van der Waals surface area contributed by atoms with Crippen molar-refractivity contribution in [3.05, 3.63) is 109 Å². The van der Waals surface area contributed by atoms with E-state index in [0.717, 1.165) is 23.1 Å². The van der Waals surface area contributed by atoms with Gasteiger partial charge < -0.3 is 20.4 Å². The van der Waals surface area contributed by atoms with E-state index in [9.17, 15) is 38.9 Å². The van der Waals surface area contributed by atoms with Crippen molar-refractivity contribution in [2.75, 3.05) is 58.1 Å². The van der Waals surface area contributed by atoms with Gasteiger partial charge in [-0.05, 0) is 87.0 Å². The molecule has 7 rings (SSSR count). The lowest BCUT2D eigenvalue weighted by atomic mass is 10.1. The Morgan fingerprint density at radius 3 is 1.35 bits per heavy atom. The fourth-order valence-corrected chi connectivity index (χ4v) is 10.2. The summed E-state index contributed by atoms with van der Waals surface area (Å²) >= 11 is 0.918. The van der Waals surface area contributed by atoms with E-state index < -0.39 is 45.9 Å². The Morgan fingerprint density at radius 1 is 0.536 bits per heavy atom. The number of azo groups is 2. The Kier molecular flexibility index (Phi) is 15.5. The van der Waals surface area contributed by atoms with Crippen molar-refractivity contribution in [1.29, 1.82) is 0 Å². The van der Waals surface area contributed by atoms with Gasteiger partial charge in [-0.25, -0.2) is 0 Å². The highest BCUT2D eigenvalue weighted by Crippen LogP contribution is 2.40. The number of hydrogen-bond donors (Lipinski definition) is 5. The summed E-state index contributed by atoms with van der Waals surface area (Å²) in [5.41, 5.74) is 2.40. The Bertz CT molecular complexity index is 3240. The summed E-state index contributed by atoms with van der Waals surface area (Å²) in [6.45, 7) is 10.5. The Hall–Kier alpha value is -6.67. The lowest BCUT2D eigenvalue weighted by Crippen LogP contribution is -2.21. The van der Waals surface area contributed by atoms with E-state index in [1.54, 1.807) is 84.9 Å². The average Bonchev–Trinajstić information content (AvgIpc) is 3.30. The number of nitrogens with one attached hydrogen (secondary N) is 2. The van der Waals surface area contributed by atoms with Crippen molar-refractivity contribution in [1.82, 2.24) is 15.0 Å². The number of rotatable bonds is 20. The maximum atomic E-state index is 12.5. The molecule has 6 aromatic carbocycles. The van der Waals surface area contributed by atoms with Gasteiger partial charge in [0.2, 0.25) is 11.9 Å². The number of anilines is 6. The lowest BCUT2D eigenvalue weighted by molar-refractivity contribution is 0.481. The highest BCUT2D eigenvalue weighted by atomic mass is 32.2. The SMILES string of the molecule is CCN(CC)c1ccc(/N=N/c2c(S(=O)(=O)O)ccc3ccccc23)c(Nc2nc(Nc3cc(N(CC)CC)ccc3/N=N/c3c(S(=O)(=O)O)ccc4ccccc34)nc(SCCS(=O)(=O)O)n2)c1. The Morgan fingerprint density at radius 2 is 0.957 bits per heavy atom. The fraction of sp³-hybridized carbons (Fsp3) is 0.222. The molecule has 0 amide bonds. The molecule has 24 heteroatoms. The second-order valence-corrected chi connectivity index (χ2v) is 20.4. The maximum absolute atomic E-state index is 12.5. The third kappa shape index (κ3) is 12.3. The molecule has 0 fully saturated rings. The predicted molar refractivity (Wildman–Crippen MR) is 269 cm³/mol. The maximum Gasteiger partial charge on any atom is 0.296 e. The molecule has 69 heavy (non-hydrogen) atoms. The van der Waals surface area contributed by atoms with Crippen molar-refractivity contribution < 1.29 is 38.9 Å². The summed E-state index contributed by atoms with van der Waals surface area (Å²) in [4.78, 5) is 17.1. The molecular weight excluding hydrogens is 967 g/mol. The summed E-state index contributed by atoms with van der Waals surface area (Å²) in [5.74, 6) is -0.871. The molecular formula is C45H47N11O9S4. The number of fused-ring (bicyclic) bond motifs is 2. The van der Waals surface area contributed by atoms with Gasteiger partial charge in [0.25, 0.3) is 30.4 Å². The zero-order chi connectivity index (χ0) is 49.5. The molecule has 0 atom stereocenters. The molecule has 20 nitrogen and oxygen atoms in total. The molecule has 1 aromatic heterocycles. The number of nitrogens with zero attached hydrogens (tertiary/aromatic N) is 9. The standard InChI is InChI=1S/C45H47N11O9S4/c1-5-55(6-2)31-19-21-35(51-53-41-33-15-11-9-13-29(33)17-23-39(41)68(60,61)62)37(27-31)46-43-48-44(50-45(49-43)66-25-26-67(57,58)59)47-38-28-32(56(7-3)8-4)20-22-36(38)52-54-42-34-16-12-10-14-30(34)18-24-40(42)69(63,64)65/h9-24,27-28H,5-8,25-26H2,1-4H3,(H,57,58,59)(H,60,61,62)(H,63,64,65)(H2,46,47,48,49,50)/b53-51+,54-52+. The smallest absolute Gasteiger partial charge is 0.296 e. The fourth-order valence-electron chi connectivity index (χ4n) is 7.31. The van der Waals surface area contributed by atoms with Crippen molar-refractivity contribution in [3.63, 3.8) is 0 Å². The number of thioether (sulfide) groups is 1. The summed E-state index contributed by atoms with van der Waals surface area (Å²) in [6.07, 6.45) is 0. The first-order valence-electron chi connectivity index (χ1n) is 21.4. The molecule has 5 N–H and O–H groups in total. The van der Waals surface area contributed by atoms with Crippen LogP contribution in [0.15, 0.2) is 145 Å². The minimum atomic E-state index is -4.73. The van der Waals surface area contributed by atoms with E-state index in [1.165, 1.54) is 12.1 Å². The number of benzene rings is 6. The molecule has 7 aromatic rings. The van der Waals surface area contributed by atoms with E-state index in [2.05, 4.69) is 55.8 Å². The normalized spacial score (nSPS) is 12.3. The van der Waals surface area contributed by atoms with Crippen molar-refractivity contribution in [2.24, 2.45) is 20.5 Å². The summed E-state index contributed by atoms with van der Waals surface area (Å²) in [5, 5.41) is 26.3. The quantitative estimate of drug-likeness (QED) is 0.0269. The second kappa shape index (κ2) is 21.3. The molecule has 0 unspecified atom stereocenters. The van der Waals surface area contributed by atoms with Gasteiger partial charge >= 0.3 is 0 Å².